The first-order valence-electron chi connectivity index (χ1n) is 8.55. The molecule has 0 N–H and O–H groups in total. The number of carbonyl (C=O) groups is 1. The van der Waals surface area contributed by atoms with Crippen molar-refractivity contribution in [1.82, 2.24) is 0 Å². The zero-order chi connectivity index (χ0) is 19.7. The van der Waals surface area contributed by atoms with E-state index in [0.717, 1.165) is 22.5 Å². The van der Waals surface area contributed by atoms with Crippen LogP contribution in [-0.4, -0.2) is 13.1 Å². The van der Waals surface area contributed by atoms with Crippen LogP contribution >= 0.6 is 11.3 Å². The standard InChI is InChI=1S/C22H16O5S/c1-13-6-3-4-9-17(13)21(23)26-16-11-18(14-7-5-8-15(10-14)25-2)20-19(12-16)28-22(24)27-20/h3-12H,1-2H3. The highest BCUT2D eigenvalue weighted by atomic mass is 32.1. The molecule has 140 valence electrons. The number of aryl methyl sites for hydroxylation is 1. The van der Waals surface area contributed by atoms with Gasteiger partial charge in [-0.1, -0.05) is 41.7 Å². The quantitative estimate of drug-likeness (QED) is 0.359. The Morgan fingerprint density at radius 2 is 1.82 bits per heavy atom. The molecule has 0 fully saturated rings. The van der Waals surface area contributed by atoms with Crippen LogP contribution in [0.25, 0.3) is 21.4 Å². The monoisotopic (exact) mass is 392 g/mol. The van der Waals surface area contributed by atoms with Gasteiger partial charge in [-0.3, -0.25) is 0 Å². The largest absolute Gasteiger partial charge is 0.497 e. The van der Waals surface area contributed by atoms with E-state index in [1.165, 1.54) is 0 Å². The molecule has 0 amide bonds. The van der Waals surface area contributed by atoms with E-state index >= 15 is 0 Å². The minimum Gasteiger partial charge on any atom is -0.497 e. The molecule has 0 radical (unpaired) electrons. The van der Waals surface area contributed by atoms with Crippen LogP contribution < -0.4 is 14.4 Å². The van der Waals surface area contributed by atoms with Crippen molar-refractivity contribution in [3.05, 3.63) is 81.5 Å². The Hall–Kier alpha value is -3.38. The van der Waals surface area contributed by atoms with Gasteiger partial charge in [-0.15, -0.1) is 0 Å². The maximum Gasteiger partial charge on any atom is 0.396 e. The fourth-order valence-corrected chi connectivity index (χ4v) is 3.70. The number of esters is 1. The Morgan fingerprint density at radius 3 is 2.61 bits per heavy atom. The van der Waals surface area contributed by atoms with Crippen LogP contribution in [0.5, 0.6) is 11.5 Å². The normalized spacial score (nSPS) is 10.8. The minimum absolute atomic E-state index is 0.343. The van der Waals surface area contributed by atoms with E-state index in [2.05, 4.69) is 0 Å². The summed E-state index contributed by atoms with van der Waals surface area (Å²) in [5.74, 6) is 0.561. The molecule has 0 bridgehead atoms. The van der Waals surface area contributed by atoms with Crippen LogP contribution in [0, 0.1) is 6.92 Å². The van der Waals surface area contributed by atoms with Crippen molar-refractivity contribution in [2.75, 3.05) is 7.11 Å². The number of rotatable bonds is 4. The Bertz CT molecular complexity index is 1240. The third kappa shape index (κ3) is 3.42. The van der Waals surface area contributed by atoms with Crippen LogP contribution in [0.1, 0.15) is 15.9 Å². The lowest BCUT2D eigenvalue weighted by atomic mass is 10.0. The molecule has 6 heteroatoms. The van der Waals surface area contributed by atoms with Crippen molar-refractivity contribution in [2.45, 2.75) is 6.92 Å². The lowest BCUT2D eigenvalue weighted by Gasteiger charge is -2.10. The lowest BCUT2D eigenvalue weighted by molar-refractivity contribution is 0.0734. The lowest BCUT2D eigenvalue weighted by Crippen LogP contribution is -2.10. The Balaban J connectivity index is 1.81. The minimum atomic E-state index is -0.454. The molecule has 4 aromatic rings. The molecule has 1 heterocycles. The van der Waals surface area contributed by atoms with E-state index in [1.54, 1.807) is 31.4 Å². The molecule has 0 spiro atoms. The molecule has 0 saturated carbocycles. The summed E-state index contributed by atoms with van der Waals surface area (Å²) in [5, 5.41) is 0. The zero-order valence-electron chi connectivity index (χ0n) is 15.2. The summed E-state index contributed by atoms with van der Waals surface area (Å²) in [7, 11) is 1.58. The second kappa shape index (κ2) is 7.32. The molecular weight excluding hydrogens is 376 g/mol. The van der Waals surface area contributed by atoms with Gasteiger partial charge in [0.1, 0.15) is 11.5 Å². The molecular formula is C22H16O5S. The first kappa shape index (κ1) is 18.0. The topological polar surface area (TPSA) is 65.7 Å². The predicted molar refractivity (Wildman–Crippen MR) is 108 cm³/mol. The highest BCUT2D eigenvalue weighted by molar-refractivity contribution is 7.16. The summed E-state index contributed by atoms with van der Waals surface area (Å²) in [6.45, 7) is 1.85. The van der Waals surface area contributed by atoms with E-state index in [0.29, 0.717) is 32.9 Å². The molecule has 4 rings (SSSR count). The third-order valence-corrected chi connectivity index (χ3v) is 5.14. The Labute approximate surface area is 164 Å². The fraction of sp³-hybridized carbons (Fsp3) is 0.0909. The summed E-state index contributed by atoms with van der Waals surface area (Å²) in [4.78, 5) is 24.0. The number of carbonyl (C=O) groups excluding carboxylic acids is 1. The van der Waals surface area contributed by atoms with Gasteiger partial charge in [0.2, 0.25) is 0 Å². The molecule has 5 nitrogen and oxygen atoms in total. The van der Waals surface area contributed by atoms with Gasteiger partial charge >= 0.3 is 10.9 Å². The van der Waals surface area contributed by atoms with E-state index in [-0.39, 0.29) is 0 Å². The van der Waals surface area contributed by atoms with Crippen molar-refractivity contribution in [3.63, 3.8) is 0 Å². The van der Waals surface area contributed by atoms with Crippen molar-refractivity contribution >= 4 is 27.6 Å². The number of methoxy groups -OCH3 is 1. The third-order valence-electron chi connectivity index (χ3n) is 4.36. The van der Waals surface area contributed by atoms with Crippen molar-refractivity contribution in [3.8, 4) is 22.6 Å². The van der Waals surface area contributed by atoms with E-state index in [1.807, 2.05) is 43.3 Å². The first-order valence-corrected chi connectivity index (χ1v) is 9.37. The van der Waals surface area contributed by atoms with Crippen LogP contribution in [0.15, 0.2) is 69.9 Å². The average molecular weight is 392 g/mol. The van der Waals surface area contributed by atoms with Gasteiger partial charge in [0.05, 0.1) is 17.4 Å². The molecule has 0 aliphatic heterocycles. The predicted octanol–water partition coefficient (Wildman–Crippen LogP) is 5.06. The van der Waals surface area contributed by atoms with Crippen molar-refractivity contribution < 1.29 is 18.7 Å². The number of hydrogen-bond donors (Lipinski definition) is 0. The molecule has 0 aliphatic carbocycles. The van der Waals surface area contributed by atoms with Gasteiger partial charge < -0.3 is 13.9 Å². The highest BCUT2D eigenvalue weighted by Gasteiger charge is 2.17. The number of benzene rings is 3. The molecule has 0 aliphatic rings. The van der Waals surface area contributed by atoms with Gasteiger partial charge in [-0.2, -0.15) is 0 Å². The maximum absolute atomic E-state index is 12.6. The number of ether oxygens (including phenoxy) is 2. The molecule has 0 unspecified atom stereocenters. The maximum atomic E-state index is 12.6. The van der Waals surface area contributed by atoms with E-state index in [9.17, 15) is 9.59 Å². The number of hydrogen-bond acceptors (Lipinski definition) is 6. The second-order valence-electron chi connectivity index (χ2n) is 6.19. The summed E-state index contributed by atoms with van der Waals surface area (Å²) in [6.07, 6.45) is 0. The smallest absolute Gasteiger partial charge is 0.396 e. The zero-order valence-corrected chi connectivity index (χ0v) is 16.0. The summed E-state index contributed by atoms with van der Waals surface area (Å²) >= 11 is 0.966. The van der Waals surface area contributed by atoms with Gasteiger partial charge in [0, 0.05) is 11.6 Å². The average Bonchev–Trinajstić information content (AvgIpc) is 3.07. The molecule has 0 saturated heterocycles. The van der Waals surface area contributed by atoms with Crippen LogP contribution in [0.3, 0.4) is 0 Å². The van der Waals surface area contributed by atoms with Gasteiger partial charge in [-0.25, -0.2) is 9.59 Å². The summed E-state index contributed by atoms with van der Waals surface area (Å²) in [5.41, 5.74) is 3.22. The van der Waals surface area contributed by atoms with Gasteiger partial charge in [-0.05, 0) is 42.3 Å². The first-order chi connectivity index (χ1) is 13.5. The Kier molecular flexibility index (Phi) is 4.71. The highest BCUT2D eigenvalue weighted by Crippen LogP contribution is 2.36. The van der Waals surface area contributed by atoms with Crippen LogP contribution in [-0.2, 0) is 0 Å². The summed E-state index contributed by atoms with van der Waals surface area (Å²) < 4.78 is 16.9. The molecule has 3 aromatic carbocycles. The van der Waals surface area contributed by atoms with Crippen molar-refractivity contribution in [1.29, 1.82) is 0 Å². The van der Waals surface area contributed by atoms with Crippen molar-refractivity contribution in [2.24, 2.45) is 0 Å². The molecule has 0 atom stereocenters. The van der Waals surface area contributed by atoms with E-state index < -0.39 is 10.9 Å². The van der Waals surface area contributed by atoms with Crippen LogP contribution in [0.2, 0.25) is 0 Å². The van der Waals surface area contributed by atoms with E-state index in [4.69, 9.17) is 13.9 Å². The second-order valence-corrected chi connectivity index (χ2v) is 7.17. The molecule has 28 heavy (non-hydrogen) atoms. The fourth-order valence-electron chi connectivity index (χ4n) is 2.98. The number of fused-ring (bicyclic) bond motifs is 1. The van der Waals surface area contributed by atoms with Gasteiger partial charge in [0.15, 0.2) is 5.58 Å². The Morgan fingerprint density at radius 1 is 1.00 bits per heavy atom. The summed E-state index contributed by atoms with van der Waals surface area (Å²) in [6, 6.07) is 17.9. The molecule has 1 aromatic heterocycles. The van der Waals surface area contributed by atoms with Crippen LogP contribution in [0.4, 0.5) is 0 Å². The van der Waals surface area contributed by atoms with Gasteiger partial charge in [0.25, 0.3) is 0 Å². The SMILES string of the molecule is COc1cccc(-c2cc(OC(=O)c3ccccc3C)cc3sc(=O)oc23)c1.